The summed E-state index contributed by atoms with van der Waals surface area (Å²) in [6.45, 7) is 0.621. The number of aromatic nitrogens is 2. The van der Waals surface area contributed by atoms with E-state index in [1.165, 1.54) is 10.7 Å². The molecule has 2 heterocycles. The first kappa shape index (κ1) is 19.8. The fourth-order valence-corrected chi connectivity index (χ4v) is 4.03. The predicted octanol–water partition coefficient (Wildman–Crippen LogP) is 3.92. The number of nitrogens with one attached hydrogen (secondary N) is 1. The lowest BCUT2D eigenvalue weighted by Crippen LogP contribution is -2.35. The van der Waals surface area contributed by atoms with Crippen molar-refractivity contribution in [3.05, 3.63) is 112 Å². The van der Waals surface area contributed by atoms with Gasteiger partial charge in [0, 0.05) is 12.6 Å². The molecule has 0 fully saturated rings. The Morgan fingerprint density at radius 2 is 1.57 bits per heavy atom. The van der Waals surface area contributed by atoms with Crippen LogP contribution < -0.4 is 10.9 Å². The van der Waals surface area contributed by atoms with Crippen LogP contribution in [0.5, 0.6) is 0 Å². The average molecular weight is 416 g/mol. The highest BCUT2D eigenvalue weighted by Gasteiger charge is 2.22. The molecule has 2 aromatic heterocycles. The van der Waals surface area contributed by atoms with Crippen molar-refractivity contribution in [1.82, 2.24) is 15.1 Å². The lowest BCUT2D eigenvalue weighted by molar-refractivity contribution is -0.121. The van der Waals surface area contributed by atoms with Crippen LogP contribution in [0, 0.1) is 0 Å². The molecule has 0 atom stereocenters. The van der Waals surface area contributed by atoms with Crippen LogP contribution in [0.4, 0.5) is 0 Å². The summed E-state index contributed by atoms with van der Waals surface area (Å²) in [5.74, 6) is -0.510. The second kappa shape index (κ2) is 9.33. The highest BCUT2D eigenvalue weighted by Crippen LogP contribution is 2.24. The fraction of sp³-hybridized carbons (Fsp3) is 0.125. The van der Waals surface area contributed by atoms with Gasteiger partial charge in [-0.25, -0.2) is 4.68 Å². The van der Waals surface area contributed by atoms with E-state index in [9.17, 15) is 9.59 Å². The third-order valence-corrected chi connectivity index (χ3v) is 5.68. The summed E-state index contributed by atoms with van der Waals surface area (Å²) in [4.78, 5) is 26.2. The zero-order valence-corrected chi connectivity index (χ0v) is 17.1. The smallest absolute Gasteiger partial charge is 0.266 e. The zero-order valence-electron chi connectivity index (χ0n) is 16.3. The minimum absolute atomic E-state index is 0.102. The molecule has 0 unspecified atom stereocenters. The van der Waals surface area contributed by atoms with Crippen molar-refractivity contribution in [1.29, 1.82) is 0 Å². The van der Waals surface area contributed by atoms with Gasteiger partial charge >= 0.3 is 0 Å². The number of carbonyl (C=O) groups excluding carboxylic acids is 1. The van der Waals surface area contributed by atoms with Crippen molar-refractivity contribution < 1.29 is 4.79 Å². The summed E-state index contributed by atoms with van der Waals surface area (Å²) in [7, 11) is 0. The van der Waals surface area contributed by atoms with E-state index in [-0.39, 0.29) is 11.5 Å². The molecule has 2 aromatic carbocycles. The van der Waals surface area contributed by atoms with Gasteiger partial charge in [0.1, 0.15) is 5.69 Å². The van der Waals surface area contributed by atoms with Crippen LogP contribution >= 0.6 is 11.3 Å². The van der Waals surface area contributed by atoms with Gasteiger partial charge in [0.2, 0.25) is 5.91 Å². The van der Waals surface area contributed by atoms with Crippen LogP contribution in [0.3, 0.4) is 0 Å². The molecule has 1 N–H and O–H groups in total. The molecular formula is C24H21N3O2S. The third-order valence-electron chi connectivity index (χ3n) is 4.79. The van der Waals surface area contributed by atoms with E-state index in [4.69, 9.17) is 0 Å². The van der Waals surface area contributed by atoms with E-state index in [0.29, 0.717) is 13.1 Å². The zero-order chi connectivity index (χ0) is 20.8. The number of hydrogen-bond donors (Lipinski definition) is 1. The Morgan fingerprint density at radius 3 is 2.17 bits per heavy atom. The van der Waals surface area contributed by atoms with Crippen molar-refractivity contribution >= 4 is 17.2 Å². The molecule has 150 valence electrons. The Morgan fingerprint density at radius 1 is 0.900 bits per heavy atom. The quantitative estimate of drug-likeness (QED) is 0.498. The first-order valence-electron chi connectivity index (χ1n) is 9.72. The number of nitrogens with zero attached hydrogens (tertiary/aromatic N) is 2. The first-order chi connectivity index (χ1) is 14.7. The minimum Gasteiger partial charge on any atom is -0.353 e. The minimum atomic E-state index is -0.408. The lowest BCUT2D eigenvalue weighted by atomic mass is 9.90. The summed E-state index contributed by atoms with van der Waals surface area (Å²) in [5.41, 5.74) is 2.42. The van der Waals surface area contributed by atoms with Crippen molar-refractivity contribution in [2.45, 2.75) is 12.5 Å². The van der Waals surface area contributed by atoms with E-state index in [2.05, 4.69) is 10.4 Å². The molecule has 5 nitrogen and oxygen atoms in total. The Labute approximate surface area is 178 Å². The SMILES string of the molecule is O=C(NCCn1nc(-c2cccs2)ccc1=O)C(c1ccccc1)c1ccccc1. The highest BCUT2D eigenvalue weighted by atomic mass is 32.1. The van der Waals surface area contributed by atoms with Gasteiger partial charge in [0.15, 0.2) is 0 Å². The van der Waals surface area contributed by atoms with Crippen molar-refractivity contribution in [3.63, 3.8) is 0 Å². The van der Waals surface area contributed by atoms with Crippen molar-refractivity contribution in [2.24, 2.45) is 0 Å². The van der Waals surface area contributed by atoms with Crippen LogP contribution in [0.15, 0.2) is 95.1 Å². The van der Waals surface area contributed by atoms with Gasteiger partial charge in [0.25, 0.3) is 5.56 Å². The Hall–Kier alpha value is -3.51. The van der Waals surface area contributed by atoms with Gasteiger partial charge in [-0.05, 0) is 28.6 Å². The topological polar surface area (TPSA) is 64.0 Å². The Bertz CT molecular complexity index is 1120. The lowest BCUT2D eigenvalue weighted by Gasteiger charge is -2.18. The van der Waals surface area contributed by atoms with Crippen LogP contribution in [-0.2, 0) is 11.3 Å². The van der Waals surface area contributed by atoms with E-state index in [1.807, 2.05) is 78.2 Å². The molecular weight excluding hydrogens is 394 g/mol. The van der Waals surface area contributed by atoms with Gasteiger partial charge in [-0.15, -0.1) is 11.3 Å². The van der Waals surface area contributed by atoms with E-state index < -0.39 is 5.92 Å². The molecule has 1 amide bonds. The van der Waals surface area contributed by atoms with E-state index in [0.717, 1.165) is 21.7 Å². The molecule has 0 aliphatic heterocycles. The summed E-state index contributed by atoms with van der Waals surface area (Å²) in [6, 6.07) is 26.5. The Balaban J connectivity index is 1.48. The Kier molecular flexibility index (Phi) is 6.15. The van der Waals surface area contributed by atoms with Gasteiger partial charge < -0.3 is 5.32 Å². The van der Waals surface area contributed by atoms with E-state index in [1.54, 1.807) is 17.4 Å². The molecule has 30 heavy (non-hydrogen) atoms. The molecule has 0 saturated carbocycles. The van der Waals surface area contributed by atoms with Gasteiger partial charge in [0.05, 0.1) is 17.3 Å². The summed E-state index contributed by atoms with van der Waals surface area (Å²) in [6.07, 6.45) is 0. The molecule has 4 rings (SSSR count). The largest absolute Gasteiger partial charge is 0.353 e. The fourth-order valence-electron chi connectivity index (χ4n) is 3.34. The van der Waals surface area contributed by atoms with Crippen molar-refractivity contribution in [2.75, 3.05) is 6.54 Å². The number of rotatable bonds is 7. The molecule has 4 aromatic rings. The number of carbonyl (C=O) groups is 1. The number of amides is 1. The first-order valence-corrected chi connectivity index (χ1v) is 10.6. The summed E-state index contributed by atoms with van der Waals surface area (Å²) >= 11 is 1.57. The van der Waals surface area contributed by atoms with Gasteiger partial charge in [-0.3, -0.25) is 9.59 Å². The average Bonchev–Trinajstić information content (AvgIpc) is 3.32. The van der Waals surface area contributed by atoms with Gasteiger partial charge in [-0.2, -0.15) is 5.10 Å². The van der Waals surface area contributed by atoms with Crippen molar-refractivity contribution in [3.8, 4) is 10.6 Å². The maximum atomic E-state index is 13.1. The van der Waals surface area contributed by atoms with Crippen LogP contribution in [-0.4, -0.2) is 22.2 Å². The third kappa shape index (κ3) is 4.55. The standard InChI is InChI=1S/C24H21N3O2S/c28-22-14-13-20(21-12-7-17-30-21)26-27(22)16-15-25-24(29)23(18-8-3-1-4-9-18)19-10-5-2-6-11-19/h1-14,17,23H,15-16H2,(H,25,29). The normalized spacial score (nSPS) is 10.8. The predicted molar refractivity (Wildman–Crippen MR) is 120 cm³/mol. The molecule has 0 aliphatic carbocycles. The molecule has 6 heteroatoms. The molecule has 0 saturated heterocycles. The second-order valence-electron chi connectivity index (χ2n) is 6.80. The second-order valence-corrected chi connectivity index (χ2v) is 7.75. The monoisotopic (exact) mass is 415 g/mol. The maximum absolute atomic E-state index is 13.1. The molecule has 0 bridgehead atoms. The van der Waals surface area contributed by atoms with E-state index >= 15 is 0 Å². The number of hydrogen-bond acceptors (Lipinski definition) is 4. The molecule has 0 aliphatic rings. The van der Waals surface area contributed by atoms with Crippen LogP contribution in [0.25, 0.3) is 10.6 Å². The van der Waals surface area contributed by atoms with Crippen LogP contribution in [0.1, 0.15) is 17.0 Å². The summed E-state index contributed by atoms with van der Waals surface area (Å²) in [5, 5.41) is 9.38. The molecule has 0 spiro atoms. The summed E-state index contributed by atoms with van der Waals surface area (Å²) < 4.78 is 1.40. The molecule has 0 radical (unpaired) electrons. The highest BCUT2D eigenvalue weighted by molar-refractivity contribution is 7.13. The van der Waals surface area contributed by atoms with Gasteiger partial charge in [-0.1, -0.05) is 66.7 Å². The number of thiophene rings is 1. The number of benzene rings is 2. The maximum Gasteiger partial charge on any atom is 0.266 e. The van der Waals surface area contributed by atoms with Crippen LogP contribution in [0.2, 0.25) is 0 Å².